The van der Waals surface area contributed by atoms with Crippen LogP contribution in [0.25, 0.3) is 0 Å². The lowest BCUT2D eigenvalue weighted by atomic mass is 10.5. The van der Waals surface area contributed by atoms with Gasteiger partial charge in [-0.2, -0.15) is 0 Å². The molecule has 2 rings (SSSR count). The molecule has 0 aliphatic heterocycles. The smallest absolute Gasteiger partial charge is 0.310 e. The Hall–Kier alpha value is -0.970. The van der Waals surface area contributed by atoms with Crippen LogP contribution in [0.4, 0.5) is 0 Å². The Morgan fingerprint density at radius 1 is 1.58 bits per heavy atom. The summed E-state index contributed by atoms with van der Waals surface area (Å²) < 4.78 is 0. The van der Waals surface area contributed by atoms with Crippen LogP contribution in [-0.2, 0) is 11.2 Å². The van der Waals surface area contributed by atoms with Crippen LogP contribution in [0.5, 0.6) is 0 Å². The average Bonchev–Trinajstić information content (AvgIpc) is 2.73. The SMILES string of the molecule is O=C(O)Cc1nnc(C2CC2)s1. The maximum absolute atomic E-state index is 10.3. The lowest BCUT2D eigenvalue weighted by Gasteiger charge is -1.84. The highest BCUT2D eigenvalue weighted by Gasteiger charge is 2.27. The summed E-state index contributed by atoms with van der Waals surface area (Å²) in [4.78, 5) is 10.3. The van der Waals surface area contributed by atoms with Crippen molar-refractivity contribution in [3.05, 3.63) is 10.0 Å². The fourth-order valence-corrected chi connectivity index (χ4v) is 1.97. The summed E-state index contributed by atoms with van der Waals surface area (Å²) in [6, 6.07) is 0. The van der Waals surface area contributed by atoms with Crippen molar-refractivity contribution in [2.75, 3.05) is 0 Å². The third-order valence-electron chi connectivity index (χ3n) is 1.71. The summed E-state index contributed by atoms with van der Waals surface area (Å²) in [7, 11) is 0. The molecule has 1 aliphatic carbocycles. The molecule has 1 heterocycles. The van der Waals surface area contributed by atoms with E-state index in [0.29, 0.717) is 10.9 Å². The van der Waals surface area contributed by atoms with Crippen LogP contribution >= 0.6 is 11.3 Å². The minimum Gasteiger partial charge on any atom is -0.481 e. The van der Waals surface area contributed by atoms with Gasteiger partial charge >= 0.3 is 5.97 Å². The molecular weight excluding hydrogens is 176 g/mol. The van der Waals surface area contributed by atoms with Gasteiger partial charge in [0.25, 0.3) is 0 Å². The fraction of sp³-hybridized carbons (Fsp3) is 0.571. The van der Waals surface area contributed by atoms with Crippen molar-refractivity contribution in [1.29, 1.82) is 0 Å². The van der Waals surface area contributed by atoms with Gasteiger partial charge in [-0.3, -0.25) is 4.79 Å². The highest BCUT2D eigenvalue weighted by Crippen LogP contribution is 2.41. The van der Waals surface area contributed by atoms with Gasteiger partial charge in [-0.15, -0.1) is 21.5 Å². The van der Waals surface area contributed by atoms with Gasteiger partial charge in [-0.1, -0.05) is 0 Å². The van der Waals surface area contributed by atoms with Gasteiger partial charge < -0.3 is 5.11 Å². The average molecular weight is 184 g/mol. The van der Waals surface area contributed by atoms with Gasteiger partial charge in [0.05, 0.1) is 6.42 Å². The van der Waals surface area contributed by atoms with Crippen molar-refractivity contribution in [2.45, 2.75) is 25.2 Å². The Morgan fingerprint density at radius 3 is 2.92 bits per heavy atom. The molecule has 0 unspecified atom stereocenters. The van der Waals surface area contributed by atoms with E-state index in [4.69, 9.17) is 5.11 Å². The van der Waals surface area contributed by atoms with E-state index >= 15 is 0 Å². The van der Waals surface area contributed by atoms with Gasteiger partial charge in [0.2, 0.25) is 0 Å². The molecule has 5 heteroatoms. The molecule has 1 N–H and O–H groups in total. The molecule has 1 aromatic rings. The number of aliphatic carboxylic acids is 1. The van der Waals surface area contributed by atoms with Crippen molar-refractivity contribution in [1.82, 2.24) is 10.2 Å². The first-order valence-electron chi connectivity index (χ1n) is 3.80. The molecule has 64 valence electrons. The van der Waals surface area contributed by atoms with Crippen molar-refractivity contribution >= 4 is 17.3 Å². The Labute approximate surface area is 73.3 Å². The zero-order valence-corrected chi connectivity index (χ0v) is 7.17. The second-order valence-electron chi connectivity index (χ2n) is 2.88. The zero-order chi connectivity index (χ0) is 8.55. The predicted octanol–water partition coefficient (Wildman–Crippen LogP) is 1.04. The Morgan fingerprint density at radius 2 is 2.33 bits per heavy atom. The summed E-state index contributed by atoms with van der Waals surface area (Å²) in [6.45, 7) is 0. The van der Waals surface area contributed by atoms with Crippen LogP contribution in [0.3, 0.4) is 0 Å². The van der Waals surface area contributed by atoms with E-state index in [1.807, 2.05) is 0 Å². The van der Waals surface area contributed by atoms with E-state index in [1.54, 1.807) is 0 Å². The summed E-state index contributed by atoms with van der Waals surface area (Å²) >= 11 is 1.43. The molecule has 1 fully saturated rings. The molecule has 1 saturated carbocycles. The first kappa shape index (κ1) is 7.67. The van der Waals surface area contributed by atoms with Crippen LogP contribution in [0.15, 0.2) is 0 Å². The lowest BCUT2D eigenvalue weighted by molar-refractivity contribution is -0.136. The van der Waals surface area contributed by atoms with E-state index < -0.39 is 5.97 Å². The van der Waals surface area contributed by atoms with E-state index in [2.05, 4.69) is 10.2 Å². The van der Waals surface area contributed by atoms with Crippen molar-refractivity contribution < 1.29 is 9.90 Å². The second kappa shape index (κ2) is 2.82. The topological polar surface area (TPSA) is 63.1 Å². The number of hydrogen-bond acceptors (Lipinski definition) is 4. The maximum Gasteiger partial charge on any atom is 0.310 e. The molecule has 12 heavy (non-hydrogen) atoms. The normalized spacial score (nSPS) is 16.3. The quantitative estimate of drug-likeness (QED) is 0.762. The molecule has 1 aliphatic rings. The minimum atomic E-state index is -0.839. The highest BCUT2D eigenvalue weighted by atomic mass is 32.1. The standard InChI is InChI=1S/C7H8N2O2S/c10-6(11)3-5-8-9-7(12-5)4-1-2-4/h4H,1-3H2,(H,10,11). The summed E-state index contributed by atoms with van der Waals surface area (Å²) in [5, 5.41) is 17.8. The molecular formula is C7H8N2O2S. The number of nitrogens with zero attached hydrogens (tertiary/aromatic N) is 2. The minimum absolute atomic E-state index is 0.00435. The highest BCUT2D eigenvalue weighted by molar-refractivity contribution is 7.11. The number of carboxylic acids is 1. The molecule has 0 atom stereocenters. The van der Waals surface area contributed by atoms with Gasteiger partial charge in [0.15, 0.2) is 0 Å². The molecule has 1 aromatic heterocycles. The van der Waals surface area contributed by atoms with E-state index in [9.17, 15) is 4.79 Å². The third kappa shape index (κ3) is 1.61. The fourth-order valence-electron chi connectivity index (χ4n) is 0.963. The Kier molecular flexibility index (Phi) is 1.80. The molecule has 0 aromatic carbocycles. The third-order valence-corrected chi connectivity index (χ3v) is 2.80. The van der Waals surface area contributed by atoms with Gasteiger partial charge in [0.1, 0.15) is 10.0 Å². The predicted molar refractivity (Wildman–Crippen MR) is 43.2 cm³/mol. The van der Waals surface area contributed by atoms with Crippen LogP contribution in [0.1, 0.15) is 28.8 Å². The molecule has 0 bridgehead atoms. The van der Waals surface area contributed by atoms with Crippen molar-refractivity contribution in [2.24, 2.45) is 0 Å². The first-order valence-corrected chi connectivity index (χ1v) is 4.61. The molecule has 4 nitrogen and oxygen atoms in total. The molecule has 0 amide bonds. The summed E-state index contributed by atoms with van der Waals surface area (Å²) in [5.74, 6) is -0.265. The molecule has 0 radical (unpaired) electrons. The first-order chi connectivity index (χ1) is 5.75. The van der Waals surface area contributed by atoms with Gasteiger partial charge in [0, 0.05) is 5.92 Å². The lowest BCUT2D eigenvalue weighted by Crippen LogP contribution is -1.98. The van der Waals surface area contributed by atoms with Crippen LogP contribution in [0.2, 0.25) is 0 Å². The number of rotatable bonds is 3. The van der Waals surface area contributed by atoms with E-state index in [1.165, 1.54) is 24.2 Å². The summed E-state index contributed by atoms with van der Waals surface area (Å²) in [5.41, 5.74) is 0. The summed E-state index contributed by atoms with van der Waals surface area (Å²) in [6.07, 6.45) is 2.37. The Balaban J connectivity index is 2.07. The van der Waals surface area contributed by atoms with Gasteiger partial charge in [-0.25, -0.2) is 0 Å². The van der Waals surface area contributed by atoms with Crippen molar-refractivity contribution in [3.63, 3.8) is 0 Å². The number of aromatic nitrogens is 2. The van der Waals surface area contributed by atoms with Crippen molar-refractivity contribution in [3.8, 4) is 0 Å². The number of carboxylic acid groups (broad SMARTS) is 1. The molecule has 0 saturated heterocycles. The molecule has 0 spiro atoms. The largest absolute Gasteiger partial charge is 0.481 e. The second-order valence-corrected chi connectivity index (χ2v) is 3.97. The van der Waals surface area contributed by atoms with Crippen LogP contribution in [-0.4, -0.2) is 21.3 Å². The van der Waals surface area contributed by atoms with E-state index in [0.717, 1.165) is 5.01 Å². The van der Waals surface area contributed by atoms with Crippen LogP contribution in [0, 0.1) is 0 Å². The van der Waals surface area contributed by atoms with Crippen LogP contribution < -0.4 is 0 Å². The zero-order valence-electron chi connectivity index (χ0n) is 6.36. The van der Waals surface area contributed by atoms with E-state index in [-0.39, 0.29) is 6.42 Å². The monoisotopic (exact) mass is 184 g/mol. The Bertz CT molecular complexity index is 306. The maximum atomic E-state index is 10.3. The van der Waals surface area contributed by atoms with Gasteiger partial charge in [-0.05, 0) is 12.8 Å². The number of hydrogen-bond donors (Lipinski definition) is 1. The number of carbonyl (C=O) groups is 1.